The van der Waals surface area contributed by atoms with Crippen molar-refractivity contribution in [1.29, 1.82) is 0 Å². The molecule has 1 aliphatic rings. The van der Waals surface area contributed by atoms with Crippen LogP contribution in [0, 0.1) is 0 Å². The van der Waals surface area contributed by atoms with Gasteiger partial charge in [-0.2, -0.15) is 0 Å². The summed E-state index contributed by atoms with van der Waals surface area (Å²) in [6, 6.07) is 65.4. The lowest BCUT2D eigenvalue weighted by molar-refractivity contribution is 0.486. The first-order valence-corrected chi connectivity index (χ1v) is 18.4. The monoisotopic (exact) mass is 703 g/mol. The molecule has 0 fully saturated rings. The summed E-state index contributed by atoms with van der Waals surface area (Å²) in [5.41, 5.74) is 15.6. The molecule has 3 heterocycles. The van der Waals surface area contributed by atoms with Crippen LogP contribution in [0.5, 0.6) is 11.5 Å². The molecule has 1 aliphatic heterocycles. The largest absolute Gasteiger partial charge is 0.456 e. The van der Waals surface area contributed by atoms with E-state index < -0.39 is 0 Å². The van der Waals surface area contributed by atoms with Gasteiger partial charge in [0.2, 0.25) is 0 Å². The number of fused-ring (bicyclic) bond motifs is 9. The molecule has 0 spiro atoms. The molecule has 0 unspecified atom stereocenters. The second-order valence-electron chi connectivity index (χ2n) is 13.6. The zero-order chi connectivity index (χ0) is 36.6. The lowest BCUT2D eigenvalue weighted by Crippen LogP contribution is -1.97. The molecule has 4 nitrogen and oxygen atoms in total. The Kier molecular flexibility index (Phi) is 8.12. The third-order valence-electron chi connectivity index (χ3n) is 10.3. The SMILES string of the molecule is c1ccc(-c2nc(-c3ccc(-c4cccnc4)cc3)cc(-c3ccc4c(c3)-c3ccccc3Oc3ccccc3-c3ccccc3-c3ccccc3-4)n2)cc1. The van der Waals surface area contributed by atoms with Gasteiger partial charge >= 0.3 is 0 Å². The highest BCUT2D eigenvalue weighted by molar-refractivity contribution is 5.98. The van der Waals surface area contributed by atoms with E-state index in [0.29, 0.717) is 5.82 Å². The number of pyridine rings is 1. The van der Waals surface area contributed by atoms with Crippen molar-refractivity contribution < 1.29 is 4.74 Å². The van der Waals surface area contributed by atoms with Crippen molar-refractivity contribution in [2.45, 2.75) is 0 Å². The van der Waals surface area contributed by atoms with E-state index in [1.54, 1.807) is 6.20 Å². The summed E-state index contributed by atoms with van der Waals surface area (Å²) in [5.74, 6) is 2.26. The Morgan fingerprint density at radius 1 is 0.309 bits per heavy atom. The summed E-state index contributed by atoms with van der Waals surface area (Å²) >= 11 is 0. The molecule has 0 saturated carbocycles. The molecule has 7 aromatic carbocycles. The Morgan fingerprint density at radius 3 is 1.40 bits per heavy atom. The molecule has 258 valence electrons. The maximum atomic E-state index is 6.90. The Bertz CT molecular complexity index is 2830. The minimum Gasteiger partial charge on any atom is -0.456 e. The topological polar surface area (TPSA) is 47.9 Å². The maximum Gasteiger partial charge on any atom is 0.160 e. The fourth-order valence-corrected chi connectivity index (χ4v) is 7.57. The molecular weight excluding hydrogens is 671 g/mol. The summed E-state index contributed by atoms with van der Waals surface area (Å²) in [6.45, 7) is 0. The number of hydrogen-bond acceptors (Lipinski definition) is 4. The van der Waals surface area contributed by atoms with Gasteiger partial charge in [0.05, 0.1) is 11.4 Å². The molecule has 0 N–H and O–H groups in total. The Hall–Kier alpha value is -7.43. The second-order valence-corrected chi connectivity index (χ2v) is 13.6. The number of hydrogen-bond donors (Lipinski definition) is 0. The molecule has 0 saturated heterocycles. The number of para-hydroxylation sites is 2. The van der Waals surface area contributed by atoms with Crippen molar-refractivity contribution in [3.63, 3.8) is 0 Å². The molecule has 2 aromatic heterocycles. The minimum absolute atomic E-state index is 0.670. The third-order valence-corrected chi connectivity index (χ3v) is 10.3. The van der Waals surface area contributed by atoms with Crippen LogP contribution < -0.4 is 4.74 Å². The van der Waals surface area contributed by atoms with E-state index in [1.165, 1.54) is 0 Å². The molecule has 0 atom stereocenters. The summed E-state index contributed by atoms with van der Waals surface area (Å²) < 4.78 is 6.90. The summed E-state index contributed by atoms with van der Waals surface area (Å²) in [5, 5.41) is 0. The fraction of sp³-hybridized carbons (Fsp3) is 0. The number of ether oxygens (including phenoxy) is 1. The van der Waals surface area contributed by atoms with Crippen LogP contribution in [0.4, 0.5) is 0 Å². The number of rotatable bonds is 4. The van der Waals surface area contributed by atoms with Crippen molar-refractivity contribution in [3.8, 4) is 101 Å². The summed E-state index contributed by atoms with van der Waals surface area (Å²) in [7, 11) is 0. The molecule has 0 aliphatic carbocycles. The van der Waals surface area contributed by atoms with Crippen LogP contribution in [-0.2, 0) is 0 Å². The van der Waals surface area contributed by atoms with E-state index in [4.69, 9.17) is 14.7 Å². The first-order valence-electron chi connectivity index (χ1n) is 18.4. The van der Waals surface area contributed by atoms with Gasteiger partial charge in [0.1, 0.15) is 11.5 Å². The maximum absolute atomic E-state index is 6.90. The second kappa shape index (κ2) is 13.8. The van der Waals surface area contributed by atoms with E-state index in [9.17, 15) is 0 Å². The van der Waals surface area contributed by atoms with Gasteiger partial charge in [0, 0.05) is 40.2 Å². The van der Waals surface area contributed by atoms with Gasteiger partial charge in [-0.05, 0) is 74.8 Å². The molecule has 0 amide bonds. The zero-order valence-corrected chi connectivity index (χ0v) is 29.8. The van der Waals surface area contributed by atoms with Gasteiger partial charge in [0.25, 0.3) is 0 Å². The minimum atomic E-state index is 0.670. The van der Waals surface area contributed by atoms with E-state index in [-0.39, 0.29) is 0 Å². The highest BCUT2D eigenvalue weighted by atomic mass is 16.5. The van der Waals surface area contributed by atoms with Crippen LogP contribution >= 0.6 is 0 Å². The molecular formula is C51H33N3O. The van der Waals surface area contributed by atoms with Crippen LogP contribution in [0.15, 0.2) is 200 Å². The smallest absolute Gasteiger partial charge is 0.160 e. The number of nitrogens with zero attached hydrogens (tertiary/aromatic N) is 3. The van der Waals surface area contributed by atoms with E-state index in [0.717, 1.165) is 95.2 Å². The van der Waals surface area contributed by atoms with Gasteiger partial charge in [0.15, 0.2) is 5.82 Å². The summed E-state index contributed by atoms with van der Waals surface area (Å²) in [4.78, 5) is 14.6. The van der Waals surface area contributed by atoms with Gasteiger partial charge in [-0.15, -0.1) is 0 Å². The molecule has 0 bridgehead atoms. The van der Waals surface area contributed by atoms with E-state index >= 15 is 0 Å². The van der Waals surface area contributed by atoms with Crippen molar-refractivity contribution in [2.24, 2.45) is 0 Å². The first-order chi connectivity index (χ1) is 27.3. The lowest BCUT2D eigenvalue weighted by Gasteiger charge is -2.18. The van der Waals surface area contributed by atoms with Crippen molar-refractivity contribution in [1.82, 2.24) is 15.0 Å². The normalized spacial score (nSPS) is 11.4. The third kappa shape index (κ3) is 6.06. The first kappa shape index (κ1) is 32.2. The zero-order valence-electron chi connectivity index (χ0n) is 29.8. The molecule has 55 heavy (non-hydrogen) atoms. The molecule has 9 aromatic rings. The van der Waals surface area contributed by atoms with Crippen molar-refractivity contribution >= 4 is 0 Å². The fourth-order valence-electron chi connectivity index (χ4n) is 7.57. The Labute approximate surface area is 320 Å². The van der Waals surface area contributed by atoms with Gasteiger partial charge in [-0.1, -0.05) is 158 Å². The van der Waals surface area contributed by atoms with Crippen LogP contribution in [0.3, 0.4) is 0 Å². The standard InChI is InChI=1S/C51H33N3O/c1-2-13-36(14-3-1)51-53-47(35-26-24-34(25-27-35)38-15-12-30-52-33-38)32-48(54-51)37-28-29-43-41-18-5-4-16-39(41)40-17-6-7-19-42(40)44-20-8-10-22-49(44)55-50-23-11-9-21-45(50)46(43)31-37/h1-33H. The summed E-state index contributed by atoms with van der Waals surface area (Å²) in [6.07, 6.45) is 3.68. The number of benzene rings is 7. The number of aromatic nitrogens is 3. The quantitative estimate of drug-likeness (QED) is 0.183. The van der Waals surface area contributed by atoms with Crippen LogP contribution in [-0.4, -0.2) is 15.0 Å². The lowest BCUT2D eigenvalue weighted by atomic mass is 9.86. The Balaban J connectivity index is 1.19. The van der Waals surface area contributed by atoms with Crippen LogP contribution in [0.1, 0.15) is 0 Å². The van der Waals surface area contributed by atoms with E-state index in [1.807, 2.05) is 42.6 Å². The van der Waals surface area contributed by atoms with Crippen molar-refractivity contribution in [2.75, 3.05) is 0 Å². The predicted molar refractivity (Wildman–Crippen MR) is 223 cm³/mol. The average molecular weight is 704 g/mol. The molecule has 10 rings (SSSR count). The van der Waals surface area contributed by atoms with Crippen molar-refractivity contribution in [3.05, 3.63) is 200 Å². The highest BCUT2D eigenvalue weighted by Crippen LogP contribution is 2.48. The predicted octanol–water partition coefficient (Wildman–Crippen LogP) is 13.3. The molecule has 4 heteroatoms. The average Bonchev–Trinajstić information content (AvgIpc) is 3.28. The molecule has 0 radical (unpaired) electrons. The van der Waals surface area contributed by atoms with Gasteiger partial charge < -0.3 is 4.74 Å². The van der Waals surface area contributed by atoms with Gasteiger partial charge in [-0.3, -0.25) is 4.98 Å². The van der Waals surface area contributed by atoms with Gasteiger partial charge in [-0.25, -0.2) is 9.97 Å². The Morgan fingerprint density at radius 2 is 0.782 bits per heavy atom. The highest BCUT2D eigenvalue weighted by Gasteiger charge is 2.22. The van der Waals surface area contributed by atoms with E-state index in [2.05, 4.69) is 157 Å². The van der Waals surface area contributed by atoms with Crippen LogP contribution in [0.25, 0.3) is 89.5 Å². The van der Waals surface area contributed by atoms with Crippen LogP contribution in [0.2, 0.25) is 0 Å².